The summed E-state index contributed by atoms with van der Waals surface area (Å²) in [6.07, 6.45) is 0. The van der Waals surface area contributed by atoms with E-state index in [-0.39, 0.29) is 43.0 Å². The van der Waals surface area contributed by atoms with Crippen LogP contribution in [0.1, 0.15) is 5.82 Å². The normalized spacial score (nSPS) is 14.3. The monoisotopic (exact) mass is 391 g/mol. The molecule has 0 bridgehead atoms. The van der Waals surface area contributed by atoms with E-state index >= 15 is 0 Å². The molecule has 1 aliphatic heterocycles. The zero-order valence-corrected chi connectivity index (χ0v) is 15.2. The molecule has 0 unspecified atom stereocenters. The largest absolute Gasteiger partial charge is 0.322 e. The maximum atomic E-state index is 14.0. The lowest BCUT2D eigenvalue weighted by atomic mass is 10.2. The molecule has 1 aromatic carbocycles. The third kappa shape index (κ3) is 5.33. The quantitative estimate of drug-likeness (QED) is 0.801. The summed E-state index contributed by atoms with van der Waals surface area (Å²) in [5.74, 6) is -0.153. The number of hydrogen-bond donors (Lipinski definition) is 2. The summed E-state index contributed by atoms with van der Waals surface area (Å²) in [6, 6.07) is 4.37. The fourth-order valence-electron chi connectivity index (χ4n) is 2.47. The van der Waals surface area contributed by atoms with Gasteiger partial charge in [0, 0.05) is 26.2 Å². The Kier molecular flexibility index (Phi) is 8.17. The van der Waals surface area contributed by atoms with Gasteiger partial charge in [0.1, 0.15) is 5.82 Å². The van der Waals surface area contributed by atoms with Crippen LogP contribution >= 0.6 is 24.8 Å². The molecule has 2 heterocycles. The molecule has 3 rings (SSSR count). The summed E-state index contributed by atoms with van der Waals surface area (Å²) >= 11 is 0. The predicted molar refractivity (Wildman–Crippen MR) is 96.3 cm³/mol. The molecule has 0 spiro atoms. The average Bonchev–Trinajstić information content (AvgIpc) is 2.96. The molecule has 2 N–H and O–H groups in total. The summed E-state index contributed by atoms with van der Waals surface area (Å²) < 4.78 is 15.4. The Balaban J connectivity index is 0.00000156. The van der Waals surface area contributed by atoms with Crippen molar-refractivity contribution < 1.29 is 9.18 Å². The zero-order chi connectivity index (χ0) is 16.2. The van der Waals surface area contributed by atoms with Crippen LogP contribution in [-0.2, 0) is 4.79 Å². The van der Waals surface area contributed by atoms with Crippen LogP contribution in [0.5, 0.6) is 0 Å². The summed E-state index contributed by atoms with van der Waals surface area (Å²) in [5.41, 5.74) is 0.712. The standard InChI is InChI=1S/C14H18FN7O.2ClH/c1-10-18-19-20-22(10)11-2-3-12(15)13(8-11)17-14(23)9-21-6-4-16-5-7-21;;/h2-3,8,16H,4-7,9H2,1H3,(H,17,23);2*1H. The molecule has 2 aromatic rings. The minimum atomic E-state index is -0.492. The van der Waals surface area contributed by atoms with Crippen molar-refractivity contribution in [2.24, 2.45) is 0 Å². The van der Waals surface area contributed by atoms with Gasteiger partial charge in [0.15, 0.2) is 5.82 Å². The Morgan fingerprint density at radius 2 is 2.04 bits per heavy atom. The van der Waals surface area contributed by atoms with Gasteiger partial charge in [0.2, 0.25) is 5.91 Å². The van der Waals surface area contributed by atoms with Crippen LogP contribution < -0.4 is 10.6 Å². The van der Waals surface area contributed by atoms with E-state index in [1.165, 1.54) is 16.8 Å². The van der Waals surface area contributed by atoms with Crippen LogP contribution in [0.2, 0.25) is 0 Å². The van der Waals surface area contributed by atoms with E-state index in [9.17, 15) is 9.18 Å². The lowest BCUT2D eigenvalue weighted by molar-refractivity contribution is -0.117. The number of carbonyl (C=O) groups excluding carboxylic acids is 1. The number of nitrogens with one attached hydrogen (secondary N) is 2. The molecule has 0 atom stereocenters. The first-order valence-corrected chi connectivity index (χ1v) is 7.41. The second-order valence-electron chi connectivity index (χ2n) is 5.38. The highest BCUT2D eigenvalue weighted by Crippen LogP contribution is 2.19. The topological polar surface area (TPSA) is 88.0 Å². The van der Waals surface area contributed by atoms with E-state index in [1.54, 1.807) is 13.0 Å². The molecule has 0 saturated carbocycles. The van der Waals surface area contributed by atoms with E-state index in [0.717, 1.165) is 26.2 Å². The van der Waals surface area contributed by atoms with Gasteiger partial charge in [0.05, 0.1) is 17.9 Å². The molecule has 138 valence electrons. The third-order valence-electron chi connectivity index (χ3n) is 3.67. The number of rotatable bonds is 4. The van der Waals surface area contributed by atoms with E-state index in [4.69, 9.17) is 0 Å². The molecule has 1 saturated heterocycles. The van der Waals surface area contributed by atoms with E-state index in [1.807, 2.05) is 4.90 Å². The first kappa shape index (κ1) is 21.2. The maximum Gasteiger partial charge on any atom is 0.238 e. The predicted octanol–water partition coefficient (Wildman–Crippen LogP) is 0.797. The van der Waals surface area contributed by atoms with Gasteiger partial charge >= 0.3 is 0 Å². The highest BCUT2D eigenvalue weighted by Gasteiger charge is 2.15. The smallest absolute Gasteiger partial charge is 0.238 e. The van der Waals surface area contributed by atoms with E-state index in [0.29, 0.717) is 11.5 Å². The van der Waals surface area contributed by atoms with Gasteiger partial charge in [-0.3, -0.25) is 9.69 Å². The average molecular weight is 392 g/mol. The maximum absolute atomic E-state index is 14.0. The molecule has 1 aromatic heterocycles. The number of aromatic nitrogens is 4. The van der Waals surface area contributed by atoms with Gasteiger partial charge in [-0.05, 0) is 35.5 Å². The Morgan fingerprint density at radius 3 is 2.68 bits per heavy atom. The summed E-state index contributed by atoms with van der Waals surface area (Å²) in [6.45, 7) is 5.31. The van der Waals surface area contributed by atoms with Crippen molar-refractivity contribution in [2.45, 2.75) is 6.92 Å². The minimum absolute atomic E-state index is 0. The summed E-state index contributed by atoms with van der Waals surface area (Å²) in [4.78, 5) is 14.1. The van der Waals surface area contributed by atoms with Gasteiger partial charge in [-0.15, -0.1) is 29.9 Å². The highest BCUT2D eigenvalue weighted by atomic mass is 35.5. The zero-order valence-electron chi connectivity index (χ0n) is 13.6. The number of piperazine rings is 1. The molecular formula is C14H20Cl2FN7O. The van der Waals surface area contributed by atoms with Crippen LogP contribution in [0, 0.1) is 12.7 Å². The third-order valence-corrected chi connectivity index (χ3v) is 3.67. The van der Waals surface area contributed by atoms with Gasteiger partial charge in [0.25, 0.3) is 0 Å². The lowest BCUT2D eigenvalue weighted by Crippen LogP contribution is -2.46. The lowest BCUT2D eigenvalue weighted by Gasteiger charge is -2.26. The SMILES string of the molecule is Cc1nnnn1-c1ccc(F)c(NC(=O)CN2CCNCC2)c1.Cl.Cl. The molecule has 0 aliphatic carbocycles. The number of halogens is 3. The summed E-state index contributed by atoms with van der Waals surface area (Å²) in [7, 11) is 0. The molecular weight excluding hydrogens is 372 g/mol. The minimum Gasteiger partial charge on any atom is -0.322 e. The van der Waals surface area contributed by atoms with Gasteiger partial charge in [-0.25, -0.2) is 4.39 Å². The van der Waals surface area contributed by atoms with Crippen molar-refractivity contribution in [1.29, 1.82) is 0 Å². The highest BCUT2D eigenvalue weighted by molar-refractivity contribution is 5.92. The van der Waals surface area contributed by atoms with Crippen LogP contribution in [-0.4, -0.2) is 63.7 Å². The molecule has 25 heavy (non-hydrogen) atoms. The number of carbonyl (C=O) groups is 1. The number of tetrazole rings is 1. The number of hydrogen-bond acceptors (Lipinski definition) is 6. The van der Waals surface area contributed by atoms with Crippen molar-refractivity contribution in [3.63, 3.8) is 0 Å². The summed E-state index contributed by atoms with van der Waals surface area (Å²) in [5, 5.41) is 17.0. The van der Waals surface area contributed by atoms with E-state index < -0.39 is 5.82 Å². The van der Waals surface area contributed by atoms with Crippen LogP contribution in [0.15, 0.2) is 18.2 Å². The molecule has 11 heteroatoms. The Bertz CT molecular complexity index is 706. The molecule has 1 fully saturated rings. The number of anilines is 1. The van der Waals surface area contributed by atoms with Gasteiger partial charge in [-0.2, -0.15) is 4.68 Å². The first-order valence-electron chi connectivity index (χ1n) is 7.41. The van der Waals surface area contributed by atoms with Crippen molar-refractivity contribution >= 4 is 36.4 Å². The Morgan fingerprint density at radius 1 is 1.32 bits per heavy atom. The number of benzene rings is 1. The van der Waals surface area contributed by atoms with Crippen LogP contribution in [0.25, 0.3) is 5.69 Å². The Labute approximate surface area is 157 Å². The first-order chi connectivity index (χ1) is 11.1. The number of nitrogens with zero attached hydrogens (tertiary/aromatic N) is 5. The van der Waals surface area contributed by atoms with Crippen molar-refractivity contribution in [3.05, 3.63) is 29.8 Å². The molecule has 0 radical (unpaired) electrons. The number of aryl methyl sites for hydroxylation is 1. The van der Waals surface area contributed by atoms with Crippen molar-refractivity contribution in [2.75, 3.05) is 38.0 Å². The molecule has 1 aliphatic rings. The van der Waals surface area contributed by atoms with Crippen LogP contribution in [0.3, 0.4) is 0 Å². The van der Waals surface area contributed by atoms with Crippen molar-refractivity contribution in [3.8, 4) is 5.69 Å². The van der Waals surface area contributed by atoms with E-state index in [2.05, 4.69) is 26.2 Å². The van der Waals surface area contributed by atoms with Gasteiger partial charge in [-0.1, -0.05) is 0 Å². The van der Waals surface area contributed by atoms with Crippen molar-refractivity contribution in [1.82, 2.24) is 30.4 Å². The fraction of sp³-hybridized carbons (Fsp3) is 0.429. The second-order valence-corrected chi connectivity index (χ2v) is 5.38. The second kappa shape index (κ2) is 9.62. The fourth-order valence-corrected chi connectivity index (χ4v) is 2.47. The number of amides is 1. The Hall–Kier alpha value is -1.81. The molecule has 1 amide bonds. The van der Waals surface area contributed by atoms with Gasteiger partial charge < -0.3 is 10.6 Å². The van der Waals surface area contributed by atoms with Crippen LogP contribution in [0.4, 0.5) is 10.1 Å². The molecule has 8 nitrogen and oxygen atoms in total.